The molecule has 2 saturated carbocycles. The Kier molecular flexibility index (Phi) is 9.74. The lowest BCUT2D eigenvalue weighted by atomic mass is 9.79. The van der Waals surface area contributed by atoms with Gasteiger partial charge in [0.05, 0.1) is 5.92 Å². The fourth-order valence-electron chi connectivity index (χ4n) is 4.79. The molecule has 2 aliphatic rings. The summed E-state index contributed by atoms with van der Waals surface area (Å²) in [5.41, 5.74) is 2.75. The molecule has 4 rings (SSSR count). The lowest BCUT2D eigenvalue weighted by Gasteiger charge is -2.27. The monoisotopic (exact) mass is 524 g/mol. The van der Waals surface area contributed by atoms with Crippen molar-refractivity contribution in [1.82, 2.24) is 0 Å². The van der Waals surface area contributed by atoms with Crippen molar-refractivity contribution in [2.24, 2.45) is 11.8 Å². The summed E-state index contributed by atoms with van der Waals surface area (Å²) in [4.78, 5) is 10.8. The maximum Gasteiger partial charge on any atom is 0.306 e. The summed E-state index contributed by atoms with van der Waals surface area (Å²) in [5, 5.41) is 11.7. The minimum absolute atomic E-state index is 0.136. The molecule has 0 bridgehead atoms. The van der Waals surface area contributed by atoms with Crippen LogP contribution in [-0.2, 0) is 4.79 Å². The Morgan fingerprint density at radius 1 is 0.742 bits per heavy atom. The van der Waals surface area contributed by atoms with Crippen molar-refractivity contribution >= 4 is 45.1 Å². The summed E-state index contributed by atoms with van der Waals surface area (Å²) in [6, 6.07) is 16.3. The maximum absolute atomic E-state index is 10.8. The molecule has 0 saturated heterocycles. The number of halogens is 3. The molecule has 168 valence electrons. The summed E-state index contributed by atoms with van der Waals surface area (Å²) in [6.45, 7) is 0. The van der Waals surface area contributed by atoms with Gasteiger partial charge in [-0.3, -0.25) is 4.79 Å². The molecule has 2 fully saturated rings. The molecule has 0 heterocycles. The predicted octanol–water partition coefficient (Wildman–Crippen LogP) is 8.71. The van der Waals surface area contributed by atoms with Crippen LogP contribution in [-0.4, -0.2) is 16.4 Å². The summed E-state index contributed by atoms with van der Waals surface area (Å²) in [7, 11) is 0. The third kappa shape index (κ3) is 7.51. The van der Waals surface area contributed by atoms with E-state index in [0.29, 0.717) is 5.92 Å². The minimum atomic E-state index is -0.644. The van der Waals surface area contributed by atoms with Crippen LogP contribution in [0.2, 0.25) is 10.0 Å². The van der Waals surface area contributed by atoms with Crippen LogP contribution in [0.4, 0.5) is 0 Å². The Hall–Kier alpha value is -1.03. The van der Waals surface area contributed by atoms with Gasteiger partial charge in [0.2, 0.25) is 0 Å². The number of alkyl halides is 1. The number of rotatable bonds is 4. The zero-order valence-corrected chi connectivity index (χ0v) is 20.9. The van der Waals surface area contributed by atoms with Gasteiger partial charge in [-0.05, 0) is 105 Å². The summed E-state index contributed by atoms with van der Waals surface area (Å²) >= 11 is 15.3. The third-order valence-corrected chi connectivity index (χ3v) is 8.24. The lowest BCUT2D eigenvalue weighted by Crippen LogP contribution is -2.20. The van der Waals surface area contributed by atoms with Gasteiger partial charge in [0.15, 0.2) is 0 Å². The molecule has 0 spiro atoms. The highest BCUT2D eigenvalue weighted by Crippen LogP contribution is 2.37. The number of carboxylic acids is 1. The summed E-state index contributed by atoms with van der Waals surface area (Å²) < 4.78 is 0. The number of hydrogen-bond donors (Lipinski definition) is 1. The molecular formula is C26H31BrCl2O2. The number of carboxylic acid groups (broad SMARTS) is 1. The van der Waals surface area contributed by atoms with Crippen LogP contribution in [0, 0.1) is 11.8 Å². The molecule has 0 aromatic heterocycles. The van der Waals surface area contributed by atoms with Gasteiger partial charge in [0, 0.05) is 15.4 Å². The Bertz CT molecular complexity index is 806. The molecule has 0 aliphatic heterocycles. The van der Waals surface area contributed by atoms with Gasteiger partial charge >= 0.3 is 5.97 Å². The van der Waals surface area contributed by atoms with Gasteiger partial charge in [0.1, 0.15) is 0 Å². The van der Waals surface area contributed by atoms with Crippen LogP contribution in [0.1, 0.15) is 74.3 Å². The second kappa shape index (κ2) is 12.3. The van der Waals surface area contributed by atoms with E-state index in [0.717, 1.165) is 47.6 Å². The number of aliphatic carboxylic acids is 1. The number of hydrogen-bond acceptors (Lipinski definition) is 1. The molecule has 1 N–H and O–H groups in total. The van der Waals surface area contributed by atoms with Crippen molar-refractivity contribution in [2.75, 3.05) is 5.33 Å². The first kappa shape index (κ1) is 24.6. The van der Waals surface area contributed by atoms with Crippen molar-refractivity contribution in [2.45, 2.75) is 63.2 Å². The first-order valence-electron chi connectivity index (χ1n) is 11.3. The molecule has 2 aromatic carbocycles. The van der Waals surface area contributed by atoms with E-state index < -0.39 is 5.97 Å². The van der Waals surface area contributed by atoms with Gasteiger partial charge in [-0.1, -0.05) is 63.4 Å². The SMILES string of the molecule is Clc1ccc(C2CCC(CBr)CC2)cc1.O=C(O)C1CCC(c2ccc(Cl)cc2)CC1. The van der Waals surface area contributed by atoms with Crippen molar-refractivity contribution in [3.8, 4) is 0 Å². The molecular weight excluding hydrogens is 495 g/mol. The van der Waals surface area contributed by atoms with E-state index in [-0.39, 0.29) is 5.92 Å². The van der Waals surface area contributed by atoms with Crippen molar-refractivity contribution in [3.63, 3.8) is 0 Å². The molecule has 2 nitrogen and oxygen atoms in total. The molecule has 0 amide bonds. The Labute approximate surface area is 204 Å². The van der Waals surface area contributed by atoms with E-state index in [1.54, 1.807) is 0 Å². The minimum Gasteiger partial charge on any atom is -0.481 e. The van der Waals surface area contributed by atoms with E-state index in [1.165, 1.54) is 42.1 Å². The molecule has 5 heteroatoms. The fraction of sp³-hybridized carbons (Fsp3) is 0.500. The van der Waals surface area contributed by atoms with E-state index in [2.05, 4.69) is 28.1 Å². The summed E-state index contributed by atoms with van der Waals surface area (Å²) in [5.74, 6) is 1.39. The zero-order valence-electron chi connectivity index (χ0n) is 17.8. The first-order chi connectivity index (χ1) is 15.0. The average Bonchev–Trinajstić information content (AvgIpc) is 2.81. The highest BCUT2D eigenvalue weighted by atomic mass is 79.9. The lowest BCUT2D eigenvalue weighted by molar-refractivity contribution is -0.142. The van der Waals surface area contributed by atoms with Crippen LogP contribution in [0.15, 0.2) is 48.5 Å². The average molecular weight is 526 g/mol. The standard InChI is InChI=1S/C13H16BrCl.C13H15ClO2/c14-9-10-1-3-11(4-2-10)12-5-7-13(15)8-6-12;14-12-7-5-10(6-8-12)9-1-3-11(4-2-9)13(15)16/h5-8,10-11H,1-4,9H2;5-9,11H,1-4H2,(H,15,16). The Morgan fingerprint density at radius 3 is 1.48 bits per heavy atom. The van der Waals surface area contributed by atoms with Gasteiger partial charge in [0.25, 0.3) is 0 Å². The molecule has 31 heavy (non-hydrogen) atoms. The van der Waals surface area contributed by atoms with Crippen LogP contribution >= 0.6 is 39.1 Å². The van der Waals surface area contributed by atoms with Crippen molar-refractivity contribution < 1.29 is 9.90 Å². The van der Waals surface area contributed by atoms with E-state index in [1.807, 2.05) is 36.4 Å². The highest BCUT2D eigenvalue weighted by Gasteiger charge is 2.26. The topological polar surface area (TPSA) is 37.3 Å². The van der Waals surface area contributed by atoms with Crippen LogP contribution in [0.3, 0.4) is 0 Å². The number of carbonyl (C=O) groups is 1. The van der Waals surface area contributed by atoms with E-state index in [4.69, 9.17) is 28.3 Å². The van der Waals surface area contributed by atoms with Crippen LogP contribution < -0.4 is 0 Å². The van der Waals surface area contributed by atoms with Gasteiger partial charge in [-0.15, -0.1) is 0 Å². The molecule has 0 atom stereocenters. The van der Waals surface area contributed by atoms with Crippen molar-refractivity contribution in [3.05, 3.63) is 69.7 Å². The van der Waals surface area contributed by atoms with E-state index >= 15 is 0 Å². The normalized spacial score (nSPS) is 25.9. The largest absolute Gasteiger partial charge is 0.481 e. The predicted molar refractivity (Wildman–Crippen MR) is 134 cm³/mol. The molecule has 2 aromatic rings. The van der Waals surface area contributed by atoms with E-state index in [9.17, 15) is 4.79 Å². The highest BCUT2D eigenvalue weighted by molar-refractivity contribution is 9.09. The molecule has 0 unspecified atom stereocenters. The Balaban J connectivity index is 0.000000176. The van der Waals surface area contributed by atoms with Crippen LogP contribution in [0.5, 0.6) is 0 Å². The maximum atomic E-state index is 10.8. The third-order valence-electron chi connectivity index (χ3n) is 6.82. The smallest absolute Gasteiger partial charge is 0.306 e. The first-order valence-corrected chi connectivity index (χ1v) is 13.1. The number of benzene rings is 2. The van der Waals surface area contributed by atoms with Gasteiger partial charge in [-0.2, -0.15) is 0 Å². The second-order valence-electron chi connectivity index (χ2n) is 8.86. The zero-order chi connectivity index (χ0) is 22.2. The molecule has 2 aliphatic carbocycles. The Morgan fingerprint density at radius 2 is 1.13 bits per heavy atom. The summed E-state index contributed by atoms with van der Waals surface area (Å²) in [6.07, 6.45) is 8.91. The fourth-order valence-corrected chi connectivity index (χ4v) is 5.69. The van der Waals surface area contributed by atoms with Crippen molar-refractivity contribution in [1.29, 1.82) is 0 Å². The molecule has 0 radical (unpaired) electrons. The van der Waals surface area contributed by atoms with Gasteiger partial charge in [-0.25, -0.2) is 0 Å². The van der Waals surface area contributed by atoms with Crippen LogP contribution in [0.25, 0.3) is 0 Å². The second-order valence-corrected chi connectivity index (χ2v) is 10.4. The quantitative estimate of drug-likeness (QED) is 0.405. The van der Waals surface area contributed by atoms with Gasteiger partial charge < -0.3 is 5.11 Å².